The summed E-state index contributed by atoms with van der Waals surface area (Å²) in [5.74, 6) is 1.40. The number of amides is 1. The smallest absolute Gasteiger partial charge is 0.227 e. The number of benzene rings is 1. The molecule has 6 heteroatoms. The molecule has 0 spiro atoms. The van der Waals surface area contributed by atoms with Gasteiger partial charge in [0, 0.05) is 44.3 Å². The molecule has 2 saturated heterocycles. The third-order valence-electron chi connectivity index (χ3n) is 4.90. The van der Waals surface area contributed by atoms with Crippen molar-refractivity contribution in [2.75, 3.05) is 52.4 Å². The SMILES string of the molecule is Cc1cc(Cl)ccc1OCCN1CCN(C(=O)[C@@H]2CCNC2)CC1. The maximum atomic E-state index is 12.4. The second kappa shape index (κ2) is 8.19. The summed E-state index contributed by atoms with van der Waals surface area (Å²) >= 11 is 5.96. The summed E-state index contributed by atoms with van der Waals surface area (Å²) in [5.41, 5.74) is 1.06. The molecule has 2 aliphatic heterocycles. The van der Waals surface area contributed by atoms with Gasteiger partial charge < -0.3 is 15.0 Å². The first-order valence-corrected chi connectivity index (χ1v) is 9.12. The number of ether oxygens (including phenoxy) is 1. The van der Waals surface area contributed by atoms with Crippen LogP contribution in [0.4, 0.5) is 0 Å². The predicted octanol–water partition coefficient (Wildman–Crippen LogP) is 1.78. The van der Waals surface area contributed by atoms with Crippen LogP contribution in [-0.4, -0.2) is 68.1 Å². The molecule has 0 radical (unpaired) electrons. The van der Waals surface area contributed by atoms with Gasteiger partial charge in [0.2, 0.25) is 5.91 Å². The van der Waals surface area contributed by atoms with Crippen LogP contribution in [0.25, 0.3) is 0 Å². The van der Waals surface area contributed by atoms with Crippen LogP contribution in [0.3, 0.4) is 0 Å². The van der Waals surface area contributed by atoms with Crippen molar-refractivity contribution in [1.29, 1.82) is 0 Å². The van der Waals surface area contributed by atoms with Crippen molar-refractivity contribution in [2.45, 2.75) is 13.3 Å². The van der Waals surface area contributed by atoms with Crippen LogP contribution in [0.15, 0.2) is 18.2 Å². The van der Waals surface area contributed by atoms with Crippen LogP contribution in [0.2, 0.25) is 5.02 Å². The van der Waals surface area contributed by atoms with Gasteiger partial charge in [-0.2, -0.15) is 0 Å². The van der Waals surface area contributed by atoms with Crippen LogP contribution in [0, 0.1) is 12.8 Å². The lowest BCUT2D eigenvalue weighted by Gasteiger charge is -2.35. The lowest BCUT2D eigenvalue weighted by atomic mass is 10.1. The van der Waals surface area contributed by atoms with Gasteiger partial charge >= 0.3 is 0 Å². The fraction of sp³-hybridized carbons (Fsp3) is 0.611. The first-order valence-electron chi connectivity index (χ1n) is 8.74. The fourth-order valence-corrected chi connectivity index (χ4v) is 3.60. The summed E-state index contributed by atoms with van der Waals surface area (Å²) in [6, 6.07) is 5.69. The molecular weight excluding hydrogens is 326 g/mol. The molecule has 1 aromatic carbocycles. The zero-order valence-electron chi connectivity index (χ0n) is 14.3. The number of carbonyl (C=O) groups excluding carboxylic acids is 1. The second-order valence-electron chi connectivity index (χ2n) is 6.61. The molecule has 1 N–H and O–H groups in total. The normalized spacial score (nSPS) is 21.9. The molecule has 3 rings (SSSR count). The third kappa shape index (κ3) is 4.41. The molecule has 24 heavy (non-hydrogen) atoms. The first kappa shape index (κ1) is 17.5. The molecule has 0 bridgehead atoms. The van der Waals surface area contributed by atoms with E-state index in [1.165, 1.54) is 0 Å². The average Bonchev–Trinajstić information content (AvgIpc) is 3.11. The second-order valence-corrected chi connectivity index (χ2v) is 7.05. The van der Waals surface area contributed by atoms with Gasteiger partial charge in [0.1, 0.15) is 12.4 Å². The lowest BCUT2D eigenvalue weighted by molar-refractivity contribution is -0.136. The zero-order valence-corrected chi connectivity index (χ0v) is 15.0. The number of halogens is 1. The summed E-state index contributed by atoms with van der Waals surface area (Å²) in [6.45, 7) is 8.86. The number of hydrogen-bond acceptors (Lipinski definition) is 4. The van der Waals surface area contributed by atoms with Crippen molar-refractivity contribution in [3.05, 3.63) is 28.8 Å². The highest BCUT2D eigenvalue weighted by molar-refractivity contribution is 6.30. The van der Waals surface area contributed by atoms with E-state index in [9.17, 15) is 4.79 Å². The predicted molar refractivity (Wildman–Crippen MR) is 95.7 cm³/mol. The van der Waals surface area contributed by atoms with Gasteiger partial charge in [-0.25, -0.2) is 0 Å². The standard InChI is InChI=1S/C18H26ClN3O2/c1-14-12-16(19)2-3-17(14)24-11-10-21-6-8-22(9-7-21)18(23)15-4-5-20-13-15/h2-3,12,15,20H,4-11,13H2,1H3/t15-/m1/s1. The van der Waals surface area contributed by atoms with Gasteiger partial charge in [-0.15, -0.1) is 0 Å². The summed E-state index contributed by atoms with van der Waals surface area (Å²) < 4.78 is 5.86. The molecule has 0 unspecified atom stereocenters. The van der Waals surface area contributed by atoms with Gasteiger partial charge in [-0.05, 0) is 43.7 Å². The van der Waals surface area contributed by atoms with Crippen molar-refractivity contribution >= 4 is 17.5 Å². The molecule has 2 fully saturated rings. The van der Waals surface area contributed by atoms with Crippen molar-refractivity contribution in [2.24, 2.45) is 5.92 Å². The highest BCUT2D eigenvalue weighted by Crippen LogP contribution is 2.21. The van der Waals surface area contributed by atoms with Crippen molar-refractivity contribution in [3.63, 3.8) is 0 Å². The lowest BCUT2D eigenvalue weighted by Crippen LogP contribution is -2.51. The fourth-order valence-electron chi connectivity index (χ4n) is 3.37. The monoisotopic (exact) mass is 351 g/mol. The van der Waals surface area contributed by atoms with E-state index in [1.807, 2.05) is 30.0 Å². The van der Waals surface area contributed by atoms with Crippen LogP contribution in [-0.2, 0) is 4.79 Å². The molecule has 1 amide bonds. The van der Waals surface area contributed by atoms with E-state index in [0.29, 0.717) is 12.5 Å². The van der Waals surface area contributed by atoms with E-state index in [4.69, 9.17) is 16.3 Å². The minimum atomic E-state index is 0.188. The molecule has 0 saturated carbocycles. The Balaban J connectivity index is 1.38. The summed E-state index contributed by atoms with van der Waals surface area (Å²) in [5, 5.41) is 4.00. The molecule has 1 aromatic rings. The Kier molecular flexibility index (Phi) is 5.98. The van der Waals surface area contributed by atoms with Gasteiger partial charge in [-0.3, -0.25) is 9.69 Å². The van der Waals surface area contributed by atoms with Gasteiger partial charge in [0.15, 0.2) is 0 Å². The van der Waals surface area contributed by atoms with E-state index in [2.05, 4.69) is 10.2 Å². The molecule has 2 aliphatic rings. The van der Waals surface area contributed by atoms with Gasteiger partial charge in [0.25, 0.3) is 0 Å². The minimum Gasteiger partial charge on any atom is -0.492 e. The number of nitrogens with one attached hydrogen (secondary N) is 1. The Morgan fingerprint density at radius 3 is 2.79 bits per heavy atom. The van der Waals surface area contributed by atoms with Crippen molar-refractivity contribution in [3.8, 4) is 5.75 Å². The minimum absolute atomic E-state index is 0.188. The Morgan fingerprint density at radius 2 is 2.12 bits per heavy atom. The molecule has 2 heterocycles. The third-order valence-corrected chi connectivity index (χ3v) is 5.13. The molecule has 132 valence electrons. The molecule has 0 aliphatic carbocycles. The number of rotatable bonds is 5. The summed E-state index contributed by atoms with van der Waals surface area (Å²) in [4.78, 5) is 16.8. The zero-order chi connectivity index (χ0) is 16.9. The van der Waals surface area contributed by atoms with Crippen molar-refractivity contribution < 1.29 is 9.53 Å². The van der Waals surface area contributed by atoms with Crippen LogP contribution in [0.5, 0.6) is 5.75 Å². The number of nitrogens with zero attached hydrogens (tertiary/aromatic N) is 2. The van der Waals surface area contributed by atoms with Crippen LogP contribution < -0.4 is 10.1 Å². The Hall–Kier alpha value is -1.30. The molecular formula is C18H26ClN3O2. The number of hydrogen-bond donors (Lipinski definition) is 1. The first-order chi connectivity index (χ1) is 11.6. The molecule has 5 nitrogen and oxygen atoms in total. The summed E-state index contributed by atoms with van der Waals surface area (Å²) in [6.07, 6.45) is 0.979. The number of aryl methyl sites for hydroxylation is 1. The van der Waals surface area contributed by atoms with E-state index in [-0.39, 0.29) is 5.92 Å². The van der Waals surface area contributed by atoms with Crippen molar-refractivity contribution in [1.82, 2.24) is 15.1 Å². The Bertz CT molecular complexity index is 567. The maximum Gasteiger partial charge on any atom is 0.227 e. The van der Waals surface area contributed by atoms with E-state index in [1.54, 1.807) is 0 Å². The average molecular weight is 352 g/mol. The quantitative estimate of drug-likeness (QED) is 0.878. The molecule has 0 aromatic heterocycles. The largest absolute Gasteiger partial charge is 0.492 e. The van der Waals surface area contributed by atoms with Crippen LogP contribution in [0.1, 0.15) is 12.0 Å². The molecule has 1 atom stereocenters. The van der Waals surface area contributed by atoms with E-state index in [0.717, 1.165) is 68.6 Å². The van der Waals surface area contributed by atoms with E-state index < -0.39 is 0 Å². The number of carbonyl (C=O) groups is 1. The summed E-state index contributed by atoms with van der Waals surface area (Å²) in [7, 11) is 0. The highest BCUT2D eigenvalue weighted by Gasteiger charge is 2.29. The topological polar surface area (TPSA) is 44.8 Å². The number of piperazine rings is 1. The van der Waals surface area contributed by atoms with Gasteiger partial charge in [0.05, 0.1) is 5.92 Å². The Labute approximate surface area is 148 Å². The highest BCUT2D eigenvalue weighted by atomic mass is 35.5. The van der Waals surface area contributed by atoms with E-state index >= 15 is 0 Å². The van der Waals surface area contributed by atoms with Crippen LogP contribution >= 0.6 is 11.6 Å². The Morgan fingerprint density at radius 1 is 1.33 bits per heavy atom. The maximum absolute atomic E-state index is 12.4. The van der Waals surface area contributed by atoms with Gasteiger partial charge in [-0.1, -0.05) is 11.6 Å².